The summed E-state index contributed by atoms with van der Waals surface area (Å²) in [7, 11) is 3.59. The highest BCUT2D eigenvalue weighted by Crippen LogP contribution is 2.20. The van der Waals surface area contributed by atoms with Gasteiger partial charge in [0.25, 0.3) is 5.91 Å². The van der Waals surface area contributed by atoms with Crippen LogP contribution in [-0.4, -0.2) is 63.6 Å². The minimum Gasteiger partial charge on any atom is -0.349 e. The molecule has 7 heteroatoms. The van der Waals surface area contributed by atoms with E-state index in [9.17, 15) is 9.59 Å². The summed E-state index contributed by atoms with van der Waals surface area (Å²) in [4.78, 5) is 29.1. The van der Waals surface area contributed by atoms with E-state index in [0.717, 1.165) is 5.69 Å². The maximum absolute atomic E-state index is 12.6. The van der Waals surface area contributed by atoms with Crippen molar-refractivity contribution in [3.63, 3.8) is 0 Å². The van der Waals surface area contributed by atoms with Crippen LogP contribution in [0.2, 0.25) is 0 Å². The van der Waals surface area contributed by atoms with Crippen LogP contribution in [0.4, 0.5) is 0 Å². The zero-order valence-electron chi connectivity index (χ0n) is 17.3. The number of rotatable bonds is 5. The molecule has 1 aliphatic heterocycles. The van der Waals surface area contributed by atoms with Gasteiger partial charge in [-0.15, -0.1) is 0 Å². The lowest BCUT2D eigenvalue weighted by molar-refractivity contribution is -0.142. The molecule has 3 rings (SSSR count). The lowest BCUT2D eigenvalue weighted by Gasteiger charge is -2.44. The van der Waals surface area contributed by atoms with E-state index in [4.69, 9.17) is 0 Å². The summed E-state index contributed by atoms with van der Waals surface area (Å²) < 4.78 is 1.59. The Morgan fingerprint density at radius 1 is 1.25 bits per heavy atom. The molecule has 150 valence electrons. The molecule has 28 heavy (non-hydrogen) atoms. The van der Waals surface area contributed by atoms with Crippen molar-refractivity contribution in [2.75, 3.05) is 20.1 Å². The first-order valence-electron chi connectivity index (χ1n) is 9.61. The van der Waals surface area contributed by atoms with Gasteiger partial charge in [-0.1, -0.05) is 29.8 Å². The summed E-state index contributed by atoms with van der Waals surface area (Å²) >= 11 is 0. The molecule has 0 spiro atoms. The van der Waals surface area contributed by atoms with Gasteiger partial charge in [0.15, 0.2) is 0 Å². The minimum absolute atomic E-state index is 0.0384. The molecule has 1 aliphatic rings. The van der Waals surface area contributed by atoms with Crippen molar-refractivity contribution in [1.29, 1.82) is 0 Å². The van der Waals surface area contributed by atoms with E-state index in [1.807, 2.05) is 27.0 Å². The second-order valence-corrected chi connectivity index (χ2v) is 7.71. The maximum Gasteiger partial charge on any atom is 0.269 e. The van der Waals surface area contributed by atoms with Crippen LogP contribution in [0, 0.1) is 13.8 Å². The number of amides is 2. The van der Waals surface area contributed by atoms with E-state index in [2.05, 4.69) is 40.4 Å². The lowest BCUT2D eigenvalue weighted by Crippen LogP contribution is -2.62. The average molecular weight is 383 g/mol. The van der Waals surface area contributed by atoms with Crippen molar-refractivity contribution < 1.29 is 9.59 Å². The summed E-state index contributed by atoms with van der Waals surface area (Å²) in [5.41, 5.74) is 3.71. The first kappa shape index (κ1) is 20.1. The second-order valence-electron chi connectivity index (χ2n) is 7.71. The SMILES string of the molecule is Cc1cccc(CN2[C@H](CNC(=O)c3cc(C)nn3C)CN(C)C(=O)[C@@H]2C)c1. The maximum atomic E-state index is 12.6. The zero-order chi connectivity index (χ0) is 20.4. The van der Waals surface area contributed by atoms with Crippen molar-refractivity contribution in [3.8, 4) is 0 Å². The predicted molar refractivity (Wildman–Crippen MR) is 108 cm³/mol. The Morgan fingerprint density at radius 2 is 2.00 bits per heavy atom. The largest absolute Gasteiger partial charge is 0.349 e. The summed E-state index contributed by atoms with van der Waals surface area (Å²) in [5.74, 6) is -0.0386. The molecule has 2 atom stereocenters. The highest BCUT2D eigenvalue weighted by Gasteiger charge is 2.36. The molecular formula is C21H29N5O2. The second kappa shape index (κ2) is 8.14. The van der Waals surface area contributed by atoms with E-state index >= 15 is 0 Å². The Kier molecular flexibility index (Phi) is 5.84. The fourth-order valence-corrected chi connectivity index (χ4v) is 3.88. The van der Waals surface area contributed by atoms with Gasteiger partial charge in [-0.25, -0.2) is 0 Å². The number of benzene rings is 1. The van der Waals surface area contributed by atoms with Crippen LogP contribution in [0.1, 0.15) is 34.2 Å². The smallest absolute Gasteiger partial charge is 0.269 e. The average Bonchev–Trinajstić information content (AvgIpc) is 2.99. The number of nitrogens with one attached hydrogen (secondary N) is 1. The molecule has 2 heterocycles. The third kappa shape index (κ3) is 4.25. The quantitative estimate of drug-likeness (QED) is 0.849. The topological polar surface area (TPSA) is 70.5 Å². The summed E-state index contributed by atoms with van der Waals surface area (Å²) in [5, 5.41) is 7.26. The Morgan fingerprint density at radius 3 is 2.64 bits per heavy atom. The van der Waals surface area contributed by atoms with Gasteiger partial charge in [0.05, 0.1) is 11.7 Å². The first-order valence-corrected chi connectivity index (χ1v) is 9.61. The van der Waals surface area contributed by atoms with E-state index in [-0.39, 0.29) is 23.9 Å². The standard InChI is InChI=1S/C21H29N5O2/c1-14-7-6-8-17(9-14)12-26-16(3)21(28)24(4)13-18(26)11-22-20(27)19-10-15(2)23-25(19)5/h6-10,16,18H,11-13H2,1-5H3,(H,22,27)/t16-,18+/m0/s1. The number of nitrogens with zero attached hydrogens (tertiary/aromatic N) is 4. The number of carbonyl (C=O) groups is 2. The van der Waals surface area contributed by atoms with E-state index in [1.54, 1.807) is 22.7 Å². The number of aryl methyl sites for hydroxylation is 3. The van der Waals surface area contributed by atoms with Crippen LogP contribution in [0.5, 0.6) is 0 Å². The van der Waals surface area contributed by atoms with Gasteiger partial charge < -0.3 is 10.2 Å². The molecule has 2 amide bonds. The van der Waals surface area contributed by atoms with Crippen LogP contribution in [0.3, 0.4) is 0 Å². The van der Waals surface area contributed by atoms with E-state index in [1.165, 1.54) is 11.1 Å². The van der Waals surface area contributed by atoms with Gasteiger partial charge in [0.1, 0.15) is 5.69 Å². The number of likely N-dealkylation sites (N-methyl/N-ethyl adjacent to an activating group) is 1. The highest BCUT2D eigenvalue weighted by molar-refractivity contribution is 5.92. The van der Waals surface area contributed by atoms with Crippen molar-refractivity contribution in [3.05, 3.63) is 52.8 Å². The molecule has 0 aliphatic carbocycles. The number of hydrogen-bond donors (Lipinski definition) is 1. The molecule has 1 saturated heterocycles. The number of aromatic nitrogens is 2. The Bertz CT molecular complexity index is 875. The predicted octanol–water partition coefficient (Wildman–Crippen LogP) is 1.50. The fourth-order valence-electron chi connectivity index (χ4n) is 3.88. The Labute approximate surface area is 166 Å². The summed E-state index contributed by atoms with van der Waals surface area (Å²) in [6.45, 7) is 7.59. The molecule has 0 bridgehead atoms. The molecule has 1 aromatic carbocycles. The van der Waals surface area contributed by atoms with Crippen LogP contribution in [0.25, 0.3) is 0 Å². The van der Waals surface area contributed by atoms with Crippen LogP contribution < -0.4 is 5.32 Å². The third-order valence-corrected chi connectivity index (χ3v) is 5.37. The Hall–Kier alpha value is -2.67. The highest BCUT2D eigenvalue weighted by atomic mass is 16.2. The van der Waals surface area contributed by atoms with Gasteiger partial charge in [-0.2, -0.15) is 5.10 Å². The normalized spacial score (nSPS) is 20.5. The lowest BCUT2D eigenvalue weighted by atomic mass is 10.0. The third-order valence-electron chi connectivity index (χ3n) is 5.37. The molecule has 0 unspecified atom stereocenters. The van der Waals surface area contributed by atoms with Crippen LogP contribution in [-0.2, 0) is 18.4 Å². The summed E-state index contributed by atoms with van der Waals surface area (Å²) in [6.07, 6.45) is 0. The van der Waals surface area contributed by atoms with Gasteiger partial charge in [-0.05, 0) is 32.4 Å². The molecule has 0 saturated carbocycles. The molecule has 1 fully saturated rings. The van der Waals surface area contributed by atoms with Crippen molar-refractivity contribution in [2.45, 2.75) is 39.4 Å². The number of carbonyl (C=O) groups excluding carboxylic acids is 2. The van der Waals surface area contributed by atoms with E-state index < -0.39 is 0 Å². The Balaban J connectivity index is 1.74. The van der Waals surface area contributed by atoms with Crippen molar-refractivity contribution >= 4 is 11.8 Å². The molecule has 1 aromatic heterocycles. The molecule has 0 radical (unpaired) electrons. The monoisotopic (exact) mass is 383 g/mol. The van der Waals surface area contributed by atoms with E-state index in [0.29, 0.717) is 25.3 Å². The molecular weight excluding hydrogens is 354 g/mol. The van der Waals surface area contributed by atoms with Gasteiger partial charge in [0.2, 0.25) is 5.91 Å². The van der Waals surface area contributed by atoms with Crippen molar-refractivity contribution in [1.82, 2.24) is 24.9 Å². The van der Waals surface area contributed by atoms with Crippen LogP contribution >= 0.6 is 0 Å². The molecule has 1 N–H and O–H groups in total. The van der Waals surface area contributed by atoms with Gasteiger partial charge in [-0.3, -0.25) is 19.2 Å². The number of hydrogen-bond acceptors (Lipinski definition) is 4. The molecule has 2 aromatic rings. The van der Waals surface area contributed by atoms with Crippen LogP contribution in [0.15, 0.2) is 30.3 Å². The fraction of sp³-hybridized carbons (Fsp3) is 0.476. The van der Waals surface area contributed by atoms with Gasteiger partial charge >= 0.3 is 0 Å². The first-order chi connectivity index (χ1) is 13.3. The van der Waals surface area contributed by atoms with Gasteiger partial charge in [0, 0.05) is 39.8 Å². The number of piperazine rings is 1. The van der Waals surface area contributed by atoms with Crippen molar-refractivity contribution in [2.24, 2.45) is 7.05 Å². The molecule has 7 nitrogen and oxygen atoms in total. The minimum atomic E-state index is -0.236. The zero-order valence-corrected chi connectivity index (χ0v) is 17.3. The summed E-state index contributed by atoms with van der Waals surface area (Å²) in [6, 6.07) is 9.90.